The van der Waals surface area contributed by atoms with Gasteiger partial charge in [-0.2, -0.15) is 0 Å². The summed E-state index contributed by atoms with van der Waals surface area (Å²) in [7, 11) is 0. The maximum absolute atomic E-state index is 8.80. The molecule has 0 fully saturated rings. The Morgan fingerprint density at radius 2 is 2.13 bits per heavy atom. The van der Waals surface area contributed by atoms with E-state index in [0.29, 0.717) is 5.92 Å². The van der Waals surface area contributed by atoms with E-state index in [1.165, 1.54) is 16.7 Å². The lowest BCUT2D eigenvalue weighted by atomic mass is 9.87. The van der Waals surface area contributed by atoms with Gasteiger partial charge in [0.1, 0.15) is 0 Å². The van der Waals surface area contributed by atoms with Crippen LogP contribution in [0, 0.1) is 5.92 Å². The molecule has 1 atom stereocenters. The maximum atomic E-state index is 8.80. The molecule has 0 saturated carbocycles. The van der Waals surface area contributed by atoms with Crippen molar-refractivity contribution in [3.63, 3.8) is 0 Å². The fourth-order valence-corrected chi connectivity index (χ4v) is 2.68. The largest absolute Gasteiger partial charge is 0.411 e. The van der Waals surface area contributed by atoms with Crippen LogP contribution in [0.5, 0.6) is 0 Å². The second-order valence-electron chi connectivity index (χ2n) is 4.29. The molecule has 15 heavy (non-hydrogen) atoms. The Kier molecular flexibility index (Phi) is 1.88. The van der Waals surface area contributed by atoms with E-state index in [2.05, 4.69) is 35.5 Å². The van der Waals surface area contributed by atoms with Crippen molar-refractivity contribution in [2.45, 2.75) is 19.3 Å². The molecule has 0 bridgehead atoms. The van der Waals surface area contributed by atoms with Gasteiger partial charge in [0.15, 0.2) is 0 Å². The molecule has 76 valence electrons. The van der Waals surface area contributed by atoms with Gasteiger partial charge in [0.2, 0.25) is 0 Å². The minimum atomic E-state index is 0.646. The van der Waals surface area contributed by atoms with Crippen LogP contribution < -0.4 is 0 Å². The molecule has 0 radical (unpaired) electrons. The molecular formula is C13H13NO. The fourth-order valence-electron chi connectivity index (χ4n) is 2.68. The lowest BCUT2D eigenvalue weighted by Crippen LogP contribution is -2.10. The van der Waals surface area contributed by atoms with Crippen molar-refractivity contribution in [2.75, 3.05) is 0 Å². The van der Waals surface area contributed by atoms with E-state index in [1.54, 1.807) is 0 Å². The van der Waals surface area contributed by atoms with Crippen LogP contribution in [0.3, 0.4) is 0 Å². The number of allylic oxidation sites excluding steroid dienone is 2. The first-order valence-corrected chi connectivity index (χ1v) is 5.39. The summed E-state index contributed by atoms with van der Waals surface area (Å²) in [5.74, 6) is 0.646. The van der Waals surface area contributed by atoms with Gasteiger partial charge in [-0.3, -0.25) is 0 Å². The van der Waals surface area contributed by atoms with Gasteiger partial charge in [-0.25, -0.2) is 0 Å². The predicted octanol–water partition coefficient (Wildman–Crippen LogP) is 2.87. The average Bonchev–Trinajstić information content (AvgIpc) is 2.66. The second-order valence-corrected chi connectivity index (χ2v) is 4.29. The van der Waals surface area contributed by atoms with Gasteiger partial charge in [0, 0.05) is 0 Å². The molecule has 1 N–H and O–H groups in total. The number of hydrogen-bond donors (Lipinski definition) is 1. The molecule has 0 heterocycles. The van der Waals surface area contributed by atoms with Crippen LogP contribution in [-0.2, 0) is 6.42 Å². The van der Waals surface area contributed by atoms with Crippen molar-refractivity contribution in [2.24, 2.45) is 11.1 Å². The summed E-state index contributed by atoms with van der Waals surface area (Å²) in [5, 5.41) is 12.1. The minimum Gasteiger partial charge on any atom is -0.411 e. The molecule has 3 rings (SSSR count). The van der Waals surface area contributed by atoms with Crippen molar-refractivity contribution in [1.29, 1.82) is 0 Å². The summed E-state index contributed by atoms with van der Waals surface area (Å²) in [4.78, 5) is 0. The lowest BCUT2D eigenvalue weighted by molar-refractivity contribution is 0.317. The first-order chi connectivity index (χ1) is 7.38. The Labute approximate surface area is 88.9 Å². The molecule has 0 aromatic heterocycles. The molecule has 1 aromatic carbocycles. The standard InChI is InChI=1S/C13H13NO/c15-14-11-6-5-10-7-9-3-1-2-4-12(9)13(10)8-11/h1-4,8,10,15H,5-7H2/b14-11-/t10-/m1/s1. The van der Waals surface area contributed by atoms with Gasteiger partial charge >= 0.3 is 0 Å². The van der Waals surface area contributed by atoms with Gasteiger partial charge in [0.05, 0.1) is 5.71 Å². The zero-order chi connectivity index (χ0) is 10.3. The van der Waals surface area contributed by atoms with Gasteiger partial charge in [0.25, 0.3) is 0 Å². The SMILES string of the molecule is O/N=C1\C=C2c3ccccc3C[C@H]2CC1. The summed E-state index contributed by atoms with van der Waals surface area (Å²) in [6.07, 6.45) is 5.22. The summed E-state index contributed by atoms with van der Waals surface area (Å²) in [6, 6.07) is 8.54. The van der Waals surface area contributed by atoms with Gasteiger partial charge < -0.3 is 5.21 Å². The third-order valence-electron chi connectivity index (χ3n) is 3.43. The van der Waals surface area contributed by atoms with Crippen LogP contribution in [0.4, 0.5) is 0 Å². The number of oxime groups is 1. The van der Waals surface area contributed by atoms with Crippen LogP contribution in [0.25, 0.3) is 5.57 Å². The monoisotopic (exact) mass is 199 g/mol. The summed E-state index contributed by atoms with van der Waals surface area (Å²) in [5.41, 5.74) is 4.97. The molecule has 2 nitrogen and oxygen atoms in total. The van der Waals surface area contributed by atoms with Crippen LogP contribution in [-0.4, -0.2) is 10.9 Å². The highest BCUT2D eigenvalue weighted by Crippen LogP contribution is 2.41. The van der Waals surface area contributed by atoms with E-state index in [9.17, 15) is 0 Å². The normalized spacial score (nSPS) is 26.0. The van der Waals surface area contributed by atoms with E-state index in [-0.39, 0.29) is 0 Å². The number of benzene rings is 1. The quantitative estimate of drug-likeness (QED) is 0.505. The van der Waals surface area contributed by atoms with Crippen LogP contribution in [0.1, 0.15) is 24.0 Å². The van der Waals surface area contributed by atoms with Crippen molar-refractivity contribution in [1.82, 2.24) is 0 Å². The maximum Gasteiger partial charge on any atom is 0.0799 e. The summed E-state index contributed by atoms with van der Waals surface area (Å²) in [6.45, 7) is 0. The zero-order valence-electron chi connectivity index (χ0n) is 8.48. The third-order valence-corrected chi connectivity index (χ3v) is 3.43. The van der Waals surface area contributed by atoms with Gasteiger partial charge in [-0.1, -0.05) is 29.4 Å². The van der Waals surface area contributed by atoms with Crippen molar-refractivity contribution >= 4 is 11.3 Å². The Morgan fingerprint density at radius 3 is 3.00 bits per heavy atom. The topological polar surface area (TPSA) is 32.6 Å². The molecule has 0 unspecified atom stereocenters. The third kappa shape index (κ3) is 1.29. The van der Waals surface area contributed by atoms with E-state index in [4.69, 9.17) is 5.21 Å². The van der Waals surface area contributed by atoms with Crippen molar-refractivity contribution in [3.05, 3.63) is 41.5 Å². The molecule has 0 amide bonds. The molecule has 0 saturated heterocycles. The van der Waals surface area contributed by atoms with E-state index < -0.39 is 0 Å². The van der Waals surface area contributed by atoms with Gasteiger partial charge in [-0.05, 0) is 48.0 Å². The van der Waals surface area contributed by atoms with Crippen molar-refractivity contribution in [3.8, 4) is 0 Å². The first-order valence-electron chi connectivity index (χ1n) is 5.39. The highest BCUT2D eigenvalue weighted by molar-refractivity contribution is 6.03. The summed E-state index contributed by atoms with van der Waals surface area (Å²) < 4.78 is 0. The molecule has 0 spiro atoms. The summed E-state index contributed by atoms with van der Waals surface area (Å²) >= 11 is 0. The van der Waals surface area contributed by atoms with Crippen molar-refractivity contribution < 1.29 is 5.21 Å². The highest BCUT2D eigenvalue weighted by Gasteiger charge is 2.29. The number of rotatable bonds is 0. The molecule has 2 aliphatic rings. The van der Waals surface area contributed by atoms with E-state index in [0.717, 1.165) is 25.0 Å². The van der Waals surface area contributed by atoms with E-state index >= 15 is 0 Å². The van der Waals surface area contributed by atoms with Crippen LogP contribution in [0.15, 0.2) is 35.5 Å². The van der Waals surface area contributed by atoms with Crippen LogP contribution in [0.2, 0.25) is 0 Å². The smallest absolute Gasteiger partial charge is 0.0799 e. The Hall–Kier alpha value is -1.57. The van der Waals surface area contributed by atoms with Crippen LogP contribution >= 0.6 is 0 Å². The molecular weight excluding hydrogens is 186 g/mol. The Morgan fingerprint density at radius 1 is 1.27 bits per heavy atom. The minimum absolute atomic E-state index is 0.646. The van der Waals surface area contributed by atoms with E-state index in [1.807, 2.05) is 0 Å². The second kappa shape index (κ2) is 3.23. The first kappa shape index (κ1) is 8.72. The number of hydrogen-bond acceptors (Lipinski definition) is 2. The highest BCUT2D eigenvalue weighted by atomic mass is 16.4. The lowest BCUT2D eigenvalue weighted by Gasteiger charge is -2.17. The Balaban J connectivity index is 2.12. The fraction of sp³-hybridized carbons (Fsp3) is 0.308. The van der Waals surface area contributed by atoms with Gasteiger partial charge in [-0.15, -0.1) is 0 Å². The predicted molar refractivity (Wildman–Crippen MR) is 60.1 cm³/mol. The number of nitrogens with zero attached hydrogens (tertiary/aromatic N) is 1. The average molecular weight is 199 g/mol. The molecule has 2 heteroatoms. The molecule has 1 aromatic rings. The Bertz CT molecular complexity index is 459. The zero-order valence-corrected chi connectivity index (χ0v) is 8.48. The molecule has 0 aliphatic heterocycles. The molecule has 2 aliphatic carbocycles. The number of fused-ring (bicyclic) bond motifs is 3.